The number of benzene rings is 2. The van der Waals surface area contributed by atoms with Gasteiger partial charge in [0.25, 0.3) is 0 Å². The molecule has 7 heteroatoms. The third-order valence-electron chi connectivity index (χ3n) is 4.58. The van der Waals surface area contributed by atoms with Crippen LogP contribution in [0.25, 0.3) is 11.0 Å². The molecule has 0 aliphatic carbocycles. The SMILES string of the molecule is O=C(CN1CCN(c2ccccc2F)CC1)Nc1nc2ccccc2[nH]1. The van der Waals surface area contributed by atoms with Gasteiger partial charge in [-0.1, -0.05) is 24.3 Å². The Labute approximate surface area is 150 Å². The van der Waals surface area contributed by atoms with Gasteiger partial charge < -0.3 is 9.88 Å². The highest BCUT2D eigenvalue weighted by Gasteiger charge is 2.21. The fourth-order valence-electron chi connectivity index (χ4n) is 3.24. The number of fused-ring (bicyclic) bond motifs is 1. The lowest BCUT2D eigenvalue weighted by molar-refractivity contribution is -0.117. The molecule has 1 aliphatic rings. The topological polar surface area (TPSA) is 64.3 Å². The predicted octanol–water partition coefficient (Wildman–Crippen LogP) is 2.46. The number of nitrogens with one attached hydrogen (secondary N) is 2. The lowest BCUT2D eigenvalue weighted by Crippen LogP contribution is -2.49. The molecule has 26 heavy (non-hydrogen) atoms. The third-order valence-corrected chi connectivity index (χ3v) is 4.58. The van der Waals surface area contributed by atoms with Crippen LogP contribution in [0.2, 0.25) is 0 Å². The lowest BCUT2D eigenvalue weighted by atomic mass is 10.2. The van der Waals surface area contributed by atoms with Crippen LogP contribution < -0.4 is 10.2 Å². The van der Waals surface area contributed by atoms with Gasteiger partial charge in [-0.2, -0.15) is 0 Å². The summed E-state index contributed by atoms with van der Waals surface area (Å²) in [6.45, 7) is 3.10. The fourth-order valence-corrected chi connectivity index (χ4v) is 3.24. The zero-order valence-corrected chi connectivity index (χ0v) is 14.3. The molecule has 0 saturated carbocycles. The van der Waals surface area contributed by atoms with Crippen LogP contribution in [0, 0.1) is 5.82 Å². The highest BCUT2D eigenvalue weighted by Crippen LogP contribution is 2.20. The van der Waals surface area contributed by atoms with E-state index in [4.69, 9.17) is 0 Å². The summed E-state index contributed by atoms with van der Waals surface area (Å²) in [6, 6.07) is 14.4. The summed E-state index contributed by atoms with van der Waals surface area (Å²) in [7, 11) is 0. The maximum atomic E-state index is 13.9. The number of piperazine rings is 1. The number of amides is 1. The minimum Gasteiger partial charge on any atom is -0.367 e. The molecule has 0 bridgehead atoms. The highest BCUT2D eigenvalue weighted by atomic mass is 19.1. The zero-order chi connectivity index (χ0) is 17.9. The Balaban J connectivity index is 1.31. The van der Waals surface area contributed by atoms with Gasteiger partial charge in [0, 0.05) is 26.2 Å². The summed E-state index contributed by atoms with van der Waals surface area (Å²) in [6.07, 6.45) is 0. The zero-order valence-electron chi connectivity index (χ0n) is 14.3. The van der Waals surface area contributed by atoms with E-state index in [-0.39, 0.29) is 11.7 Å². The van der Waals surface area contributed by atoms with E-state index in [0.717, 1.165) is 11.0 Å². The number of para-hydroxylation sites is 3. The first-order valence-electron chi connectivity index (χ1n) is 8.65. The van der Waals surface area contributed by atoms with Gasteiger partial charge >= 0.3 is 0 Å². The van der Waals surface area contributed by atoms with Gasteiger partial charge in [-0.15, -0.1) is 0 Å². The van der Waals surface area contributed by atoms with Crippen molar-refractivity contribution in [3.05, 3.63) is 54.3 Å². The van der Waals surface area contributed by atoms with Crippen LogP contribution in [-0.4, -0.2) is 53.5 Å². The van der Waals surface area contributed by atoms with E-state index in [9.17, 15) is 9.18 Å². The minimum atomic E-state index is -0.205. The number of carbonyl (C=O) groups excluding carboxylic acids is 1. The molecule has 2 heterocycles. The van der Waals surface area contributed by atoms with Gasteiger partial charge in [0.1, 0.15) is 5.82 Å². The maximum absolute atomic E-state index is 13.9. The Morgan fingerprint density at radius 1 is 1.08 bits per heavy atom. The quantitative estimate of drug-likeness (QED) is 0.756. The molecule has 134 valence electrons. The minimum absolute atomic E-state index is 0.108. The Morgan fingerprint density at radius 2 is 1.81 bits per heavy atom. The first-order chi connectivity index (χ1) is 12.7. The predicted molar refractivity (Wildman–Crippen MR) is 99.8 cm³/mol. The van der Waals surface area contributed by atoms with Crippen molar-refractivity contribution in [2.24, 2.45) is 0 Å². The van der Waals surface area contributed by atoms with Gasteiger partial charge in [0.2, 0.25) is 11.9 Å². The van der Waals surface area contributed by atoms with Crippen molar-refractivity contribution in [3.8, 4) is 0 Å². The number of imidazole rings is 1. The normalized spacial score (nSPS) is 15.3. The lowest BCUT2D eigenvalue weighted by Gasteiger charge is -2.35. The van der Waals surface area contributed by atoms with Crippen LogP contribution in [0.5, 0.6) is 0 Å². The number of anilines is 2. The Morgan fingerprint density at radius 3 is 2.58 bits per heavy atom. The number of carbonyl (C=O) groups is 1. The molecule has 2 aromatic carbocycles. The largest absolute Gasteiger partial charge is 0.367 e. The van der Waals surface area contributed by atoms with E-state index in [1.807, 2.05) is 35.2 Å². The Kier molecular flexibility index (Phi) is 4.53. The van der Waals surface area contributed by atoms with Crippen molar-refractivity contribution in [2.45, 2.75) is 0 Å². The van der Waals surface area contributed by atoms with Gasteiger partial charge in [-0.25, -0.2) is 9.37 Å². The summed E-state index contributed by atoms with van der Waals surface area (Å²) in [5.41, 5.74) is 2.33. The summed E-state index contributed by atoms with van der Waals surface area (Å²) in [5, 5.41) is 2.81. The Bertz CT molecular complexity index is 884. The molecule has 4 rings (SSSR count). The van der Waals surface area contributed by atoms with E-state index in [2.05, 4.69) is 20.2 Å². The number of rotatable bonds is 4. The van der Waals surface area contributed by atoms with Crippen LogP contribution in [0.15, 0.2) is 48.5 Å². The van der Waals surface area contributed by atoms with Gasteiger partial charge in [0.05, 0.1) is 23.3 Å². The molecule has 0 radical (unpaired) electrons. The van der Waals surface area contributed by atoms with Gasteiger partial charge in [-0.3, -0.25) is 15.0 Å². The number of H-pyrrole nitrogens is 1. The van der Waals surface area contributed by atoms with Crippen LogP contribution in [0.3, 0.4) is 0 Å². The van der Waals surface area contributed by atoms with Crippen LogP contribution in [0.1, 0.15) is 0 Å². The highest BCUT2D eigenvalue weighted by molar-refractivity contribution is 5.92. The number of halogens is 1. The number of hydrogen-bond acceptors (Lipinski definition) is 4. The summed E-state index contributed by atoms with van der Waals surface area (Å²) >= 11 is 0. The summed E-state index contributed by atoms with van der Waals surface area (Å²) < 4.78 is 13.9. The fraction of sp³-hybridized carbons (Fsp3) is 0.263. The number of aromatic amines is 1. The first kappa shape index (κ1) is 16.5. The van der Waals surface area contributed by atoms with E-state index < -0.39 is 0 Å². The molecule has 0 atom stereocenters. The second-order valence-electron chi connectivity index (χ2n) is 6.37. The molecule has 1 saturated heterocycles. The third kappa shape index (κ3) is 3.52. The average Bonchev–Trinajstić information content (AvgIpc) is 3.05. The van der Waals surface area contributed by atoms with E-state index in [1.165, 1.54) is 6.07 Å². The van der Waals surface area contributed by atoms with Crippen molar-refractivity contribution >= 4 is 28.6 Å². The number of hydrogen-bond donors (Lipinski definition) is 2. The van der Waals surface area contributed by atoms with E-state index in [1.54, 1.807) is 12.1 Å². The average molecular weight is 353 g/mol. The summed E-state index contributed by atoms with van der Waals surface area (Å²) in [4.78, 5) is 23.8. The molecule has 1 amide bonds. The van der Waals surface area contributed by atoms with Crippen molar-refractivity contribution < 1.29 is 9.18 Å². The standard InChI is InChI=1S/C19H20FN5O/c20-14-5-1-4-8-17(14)25-11-9-24(10-12-25)13-18(26)23-19-21-15-6-2-3-7-16(15)22-19/h1-8H,9-13H2,(H2,21,22,23,26). The molecule has 0 spiro atoms. The molecular formula is C19H20FN5O. The number of aromatic nitrogens is 2. The molecule has 1 fully saturated rings. The van der Waals surface area contributed by atoms with E-state index >= 15 is 0 Å². The Hall–Kier alpha value is -2.93. The van der Waals surface area contributed by atoms with Crippen molar-refractivity contribution in [1.29, 1.82) is 0 Å². The second-order valence-corrected chi connectivity index (χ2v) is 6.37. The molecule has 0 unspecified atom stereocenters. The van der Waals surface area contributed by atoms with Crippen molar-refractivity contribution in [2.75, 3.05) is 42.9 Å². The molecule has 3 aromatic rings. The smallest absolute Gasteiger partial charge is 0.240 e. The first-order valence-corrected chi connectivity index (χ1v) is 8.65. The second kappa shape index (κ2) is 7.13. The molecule has 2 N–H and O–H groups in total. The van der Waals surface area contributed by atoms with Crippen LogP contribution in [-0.2, 0) is 4.79 Å². The van der Waals surface area contributed by atoms with Crippen molar-refractivity contribution in [3.63, 3.8) is 0 Å². The number of nitrogens with zero attached hydrogens (tertiary/aromatic N) is 3. The van der Waals surface area contributed by atoms with E-state index in [0.29, 0.717) is 44.4 Å². The molecule has 1 aromatic heterocycles. The molecular weight excluding hydrogens is 333 g/mol. The van der Waals surface area contributed by atoms with Crippen LogP contribution in [0.4, 0.5) is 16.0 Å². The van der Waals surface area contributed by atoms with Gasteiger partial charge in [0.15, 0.2) is 0 Å². The molecule has 1 aliphatic heterocycles. The van der Waals surface area contributed by atoms with Gasteiger partial charge in [-0.05, 0) is 24.3 Å². The summed E-state index contributed by atoms with van der Waals surface area (Å²) in [5.74, 6) is 0.146. The van der Waals surface area contributed by atoms with Crippen molar-refractivity contribution in [1.82, 2.24) is 14.9 Å². The maximum Gasteiger partial charge on any atom is 0.240 e. The monoisotopic (exact) mass is 353 g/mol. The molecule has 6 nitrogen and oxygen atoms in total. The van der Waals surface area contributed by atoms with Crippen LogP contribution >= 0.6 is 0 Å².